The van der Waals surface area contributed by atoms with Crippen LogP contribution in [0.3, 0.4) is 0 Å². The fourth-order valence-corrected chi connectivity index (χ4v) is 2.65. The number of hydrogen-bond donors (Lipinski definition) is 3. The number of halogens is 1. The quantitative estimate of drug-likeness (QED) is 0.526. The molecule has 0 aliphatic carbocycles. The minimum absolute atomic E-state index is 0.254. The largest absolute Gasteiger partial charge is 0.399 e. The molecule has 1 heterocycles. The van der Waals surface area contributed by atoms with E-state index in [2.05, 4.69) is 15.2 Å². The summed E-state index contributed by atoms with van der Waals surface area (Å²) in [5.41, 5.74) is 13.4. The molecule has 0 aromatic heterocycles. The van der Waals surface area contributed by atoms with Gasteiger partial charge >= 0.3 is 0 Å². The van der Waals surface area contributed by atoms with E-state index in [0.717, 1.165) is 31.7 Å². The number of rotatable bonds is 7. The summed E-state index contributed by atoms with van der Waals surface area (Å²) in [5, 5.41) is 3.28. The summed E-state index contributed by atoms with van der Waals surface area (Å²) in [6.07, 6.45) is 3.05. The van der Waals surface area contributed by atoms with Gasteiger partial charge in [-0.2, -0.15) is 0 Å². The second-order valence-corrected chi connectivity index (χ2v) is 5.91. The van der Waals surface area contributed by atoms with Crippen LogP contribution >= 0.6 is 0 Å². The number of aliphatic imine (C=N–C) groups is 1. The van der Waals surface area contributed by atoms with E-state index >= 15 is 0 Å². The lowest BCUT2D eigenvalue weighted by Gasteiger charge is -2.17. The third-order valence-corrected chi connectivity index (χ3v) is 3.82. The molecule has 126 valence electrons. The van der Waals surface area contributed by atoms with Crippen molar-refractivity contribution < 1.29 is 4.39 Å². The molecule has 1 fully saturated rings. The number of nitrogens with two attached hydrogens (primary N) is 2. The molecule has 5 nitrogen and oxygen atoms in total. The molecule has 1 aromatic carbocycles. The van der Waals surface area contributed by atoms with Crippen molar-refractivity contribution in [3.63, 3.8) is 0 Å². The van der Waals surface area contributed by atoms with Gasteiger partial charge < -0.3 is 21.7 Å². The van der Waals surface area contributed by atoms with Crippen LogP contribution in [-0.2, 0) is 6.42 Å². The molecule has 2 rings (SSSR count). The third-order valence-electron chi connectivity index (χ3n) is 3.82. The van der Waals surface area contributed by atoms with Gasteiger partial charge in [0.2, 0.25) is 0 Å². The van der Waals surface area contributed by atoms with Crippen molar-refractivity contribution in [1.82, 2.24) is 10.2 Å². The second-order valence-electron chi connectivity index (χ2n) is 5.91. The lowest BCUT2D eigenvalue weighted by atomic mass is 10.1. The van der Waals surface area contributed by atoms with Gasteiger partial charge in [-0.15, -0.1) is 0 Å². The highest BCUT2D eigenvalue weighted by molar-refractivity contribution is 5.78. The molecule has 0 amide bonds. The van der Waals surface area contributed by atoms with Gasteiger partial charge in [-0.05, 0) is 50.6 Å². The summed E-state index contributed by atoms with van der Waals surface area (Å²) in [5.74, 6) is 0.806. The van der Waals surface area contributed by atoms with Crippen LogP contribution in [-0.4, -0.2) is 36.9 Å². The van der Waals surface area contributed by atoms with Gasteiger partial charge in [0.1, 0.15) is 11.6 Å². The molecule has 0 spiro atoms. The monoisotopic (exact) mass is 319 g/mol. The molecule has 0 radical (unpaired) electrons. The molecule has 1 aliphatic heterocycles. The van der Waals surface area contributed by atoms with Gasteiger partial charge in [-0.1, -0.05) is 12.1 Å². The molecule has 1 aliphatic rings. The zero-order valence-corrected chi connectivity index (χ0v) is 13.7. The molecular weight excluding hydrogens is 293 g/mol. The minimum Gasteiger partial charge on any atom is -0.399 e. The van der Waals surface area contributed by atoms with Crippen LogP contribution in [0.1, 0.15) is 25.3 Å². The fraction of sp³-hybridized carbons (Fsp3) is 0.471. The molecule has 6 heteroatoms. The van der Waals surface area contributed by atoms with Gasteiger partial charge in [0.15, 0.2) is 0 Å². The highest BCUT2D eigenvalue weighted by Crippen LogP contribution is 2.10. The van der Waals surface area contributed by atoms with Crippen LogP contribution < -0.4 is 16.8 Å². The topological polar surface area (TPSA) is 79.7 Å². The Bertz CT molecular complexity index is 555. The summed E-state index contributed by atoms with van der Waals surface area (Å²) in [6.45, 7) is 5.78. The van der Waals surface area contributed by atoms with Gasteiger partial charge in [-0.25, -0.2) is 9.38 Å². The summed E-state index contributed by atoms with van der Waals surface area (Å²) >= 11 is 0. The maximum Gasteiger partial charge on any atom is 0.147 e. The molecule has 1 aromatic rings. The fourth-order valence-electron chi connectivity index (χ4n) is 2.65. The van der Waals surface area contributed by atoms with Crippen molar-refractivity contribution in [1.29, 1.82) is 0 Å². The molecule has 0 atom stereocenters. The lowest BCUT2D eigenvalue weighted by molar-refractivity contribution is 0.340. The first-order chi connectivity index (χ1) is 11.0. The van der Waals surface area contributed by atoms with Crippen LogP contribution in [0, 0.1) is 5.82 Å². The van der Waals surface area contributed by atoms with Crippen LogP contribution in [0.5, 0.6) is 0 Å². The zero-order chi connectivity index (χ0) is 16.7. The standard InChI is InChI=1S/C17H26FN5/c1-13(19)22-17(21-8-11-23-9-2-3-10-23)16(20)12-14-4-6-15(18)7-5-14/h4-7,21H,2-3,8-12,20H2,1H3,(H2,19,22)/b17-16-. The van der Waals surface area contributed by atoms with Crippen molar-refractivity contribution in [2.75, 3.05) is 26.2 Å². The highest BCUT2D eigenvalue weighted by Gasteiger charge is 2.11. The van der Waals surface area contributed by atoms with E-state index in [1.54, 1.807) is 19.1 Å². The van der Waals surface area contributed by atoms with Crippen molar-refractivity contribution in [2.45, 2.75) is 26.2 Å². The third kappa shape index (κ3) is 5.90. The smallest absolute Gasteiger partial charge is 0.147 e. The highest BCUT2D eigenvalue weighted by atomic mass is 19.1. The first kappa shape index (κ1) is 17.3. The lowest BCUT2D eigenvalue weighted by Crippen LogP contribution is -2.31. The Morgan fingerprint density at radius 2 is 1.87 bits per heavy atom. The second kappa shape index (κ2) is 8.53. The van der Waals surface area contributed by atoms with E-state index in [1.807, 2.05) is 0 Å². The Morgan fingerprint density at radius 1 is 1.22 bits per heavy atom. The van der Waals surface area contributed by atoms with Crippen molar-refractivity contribution in [3.8, 4) is 0 Å². The average Bonchev–Trinajstić information content (AvgIpc) is 3.01. The van der Waals surface area contributed by atoms with Crippen LogP contribution in [0.15, 0.2) is 40.8 Å². The Kier molecular flexibility index (Phi) is 6.40. The predicted octanol–water partition coefficient (Wildman–Crippen LogP) is 1.56. The van der Waals surface area contributed by atoms with E-state index in [0.29, 0.717) is 23.8 Å². The number of nitrogens with one attached hydrogen (secondary N) is 1. The van der Waals surface area contributed by atoms with Crippen LogP contribution in [0.2, 0.25) is 0 Å². The van der Waals surface area contributed by atoms with E-state index in [4.69, 9.17) is 11.5 Å². The first-order valence-electron chi connectivity index (χ1n) is 8.04. The van der Waals surface area contributed by atoms with E-state index in [9.17, 15) is 4.39 Å². The maximum atomic E-state index is 13.0. The average molecular weight is 319 g/mol. The summed E-state index contributed by atoms with van der Waals surface area (Å²) in [6, 6.07) is 6.31. The summed E-state index contributed by atoms with van der Waals surface area (Å²) in [7, 11) is 0. The van der Waals surface area contributed by atoms with Crippen molar-refractivity contribution in [2.24, 2.45) is 16.5 Å². The Morgan fingerprint density at radius 3 is 2.48 bits per heavy atom. The Hall–Kier alpha value is -2.08. The molecule has 5 N–H and O–H groups in total. The molecule has 1 saturated heterocycles. The molecule has 23 heavy (non-hydrogen) atoms. The molecular formula is C17H26FN5. The van der Waals surface area contributed by atoms with Crippen LogP contribution in [0.25, 0.3) is 0 Å². The number of hydrogen-bond acceptors (Lipinski definition) is 4. The molecule has 0 saturated carbocycles. The summed E-state index contributed by atoms with van der Waals surface area (Å²) in [4.78, 5) is 6.72. The van der Waals surface area contributed by atoms with E-state index < -0.39 is 0 Å². The Balaban J connectivity index is 1.99. The minimum atomic E-state index is -0.254. The Labute approximate surface area is 137 Å². The SMILES string of the molecule is C/C(N)=N/C(NCCN1CCCC1)=C(\N)Cc1ccc(F)cc1. The number of allylic oxidation sites excluding steroid dienone is 1. The van der Waals surface area contributed by atoms with Crippen LogP contribution in [0.4, 0.5) is 4.39 Å². The number of nitrogens with zero attached hydrogens (tertiary/aromatic N) is 2. The van der Waals surface area contributed by atoms with Crippen molar-refractivity contribution in [3.05, 3.63) is 47.2 Å². The van der Waals surface area contributed by atoms with Gasteiger partial charge in [-0.3, -0.25) is 0 Å². The first-order valence-corrected chi connectivity index (χ1v) is 8.04. The molecule has 0 unspecified atom stereocenters. The van der Waals surface area contributed by atoms with E-state index in [1.165, 1.54) is 25.0 Å². The van der Waals surface area contributed by atoms with E-state index in [-0.39, 0.29) is 5.82 Å². The van der Waals surface area contributed by atoms with Gasteiger partial charge in [0.25, 0.3) is 0 Å². The number of benzene rings is 1. The van der Waals surface area contributed by atoms with Gasteiger partial charge in [0.05, 0.1) is 11.5 Å². The van der Waals surface area contributed by atoms with Gasteiger partial charge in [0, 0.05) is 19.5 Å². The summed E-state index contributed by atoms with van der Waals surface area (Å²) < 4.78 is 13.0. The normalized spacial score (nSPS) is 17.2. The number of likely N-dealkylation sites (tertiary alicyclic amines) is 1. The number of amidine groups is 1. The van der Waals surface area contributed by atoms with Crippen molar-refractivity contribution >= 4 is 5.84 Å². The zero-order valence-electron chi connectivity index (χ0n) is 13.7. The predicted molar refractivity (Wildman–Crippen MR) is 92.3 cm³/mol. The maximum absolute atomic E-state index is 13.0. The molecule has 0 bridgehead atoms.